The van der Waals surface area contributed by atoms with Crippen molar-refractivity contribution in [1.82, 2.24) is 14.5 Å². The number of fused-ring (bicyclic) bond motifs is 1. The molecule has 4 atom stereocenters. The summed E-state index contributed by atoms with van der Waals surface area (Å²) in [7, 11) is 0. The Balaban J connectivity index is 1.90. The summed E-state index contributed by atoms with van der Waals surface area (Å²) in [5, 5.41) is 0.629. The smallest absolute Gasteiger partial charge is 0.329 e. The van der Waals surface area contributed by atoms with Crippen LogP contribution in [0.2, 0.25) is 0 Å². The molecule has 4 unspecified atom stereocenters. The molecule has 2 heterocycles. The Hall–Kier alpha value is -1.93. The topological polar surface area (TPSA) is 110 Å². The van der Waals surface area contributed by atoms with Crippen molar-refractivity contribution in [2.24, 2.45) is 17.4 Å². The fourth-order valence-corrected chi connectivity index (χ4v) is 4.83. The minimum atomic E-state index is -1.49. The van der Waals surface area contributed by atoms with E-state index in [1.807, 2.05) is 11.8 Å². The van der Waals surface area contributed by atoms with Crippen LogP contribution in [0.5, 0.6) is 0 Å². The number of aromatic nitrogens is 2. The lowest BCUT2D eigenvalue weighted by molar-refractivity contribution is 0.105. The van der Waals surface area contributed by atoms with Crippen LogP contribution >= 0.6 is 0 Å². The van der Waals surface area contributed by atoms with Gasteiger partial charge >= 0.3 is 5.69 Å². The van der Waals surface area contributed by atoms with Gasteiger partial charge in [0.1, 0.15) is 0 Å². The molecule has 0 amide bonds. The second kappa shape index (κ2) is 6.60. The molecule has 1 saturated carbocycles. The molecule has 0 radical (unpaired) electrons. The van der Waals surface area contributed by atoms with Gasteiger partial charge < -0.3 is 11.5 Å². The van der Waals surface area contributed by atoms with Crippen LogP contribution < -0.4 is 33.3 Å². The van der Waals surface area contributed by atoms with Crippen LogP contribution in [-0.4, -0.2) is 45.8 Å². The third kappa shape index (κ3) is 2.86. The highest BCUT2D eigenvalue weighted by atomic mass is 19.1. The number of nitrogens with zero attached hydrogens (tertiary/aromatic N) is 2. The first-order valence-electron chi connectivity index (χ1n) is 9.84. The minimum Gasteiger partial charge on any atom is -0.399 e. The molecule has 2 fully saturated rings. The fourth-order valence-electron chi connectivity index (χ4n) is 4.83. The molecule has 3 aliphatic rings. The first-order chi connectivity index (χ1) is 12.8. The standard InChI is InChI=1S/C19H28FN5O2/c1-3-10-6-7-24(8-12(10)21)17-9(2)16-13(15(22)14(17)20)18(26)23-19(27)25(16)11-4-5-11/h10-12,14,17H,3-8,21-22H2,1-2H3,(H,23,26,27). The minimum absolute atomic E-state index is 0.0174. The zero-order valence-electron chi connectivity index (χ0n) is 15.9. The fraction of sp³-hybridized carbons (Fsp3) is 0.684. The van der Waals surface area contributed by atoms with Gasteiger partial charge in [-0.05, 0) is 44.2 Å². The van der Waals surface area contributed by atoms with Crippen LogP contribution in [0.1, 0.15) is 45.6 Å². The van der Waals surface area contributed by atoms with Crippen LogP contribution in [0.4, 0.5) is 4.39 Å². The van der Waals surface area contributed by atoms with E-state index in [0.717, 1.165) is 32.2 Å². The van der Waals surface area contributed by atoms with Crippen LogP contribution in [0, 0.1) is 5.92 Å². The van der Waals surface area contributed by atoms with Crippen molar-refractivity contribution >= 4 is 11.3 Å². The van der Waals surface area contributed by atoms with Gasteiger partial charge in [-0.15, -0.1) is 0 Å². The van der Waals surface area contributed by atoms with E-state index >= 15 is 4.39 Å². The van der Waals surface area contributed by atoms with E-state index in [1.54, 1.807) is 4.57 Å². The van der Waals surface area contributed by atoms with E-state index in [-0.39, 0.29) is 23.0 Å². The summed E-state index contributed by atoms with van der Waals surface area (Å²) in [5.74, 6) is 0.435. The van der Waals surface area contributed by atoms with E-state index < -0.39 is 23.5 Å². The lowest BCUT2D eigenvalue weighted by Gasteiger charge is -2.43. The number of H-pyrrole nitrogens is 1. The molecule has 1 aromatic rings. The van der Waals surface area contributed by atoms with E-state index in [2.05, 4.69) is 11.9 Å². The predicted octanol–water partition coefficient (Wildman–Crippen LogP) is -1.11. The molecule has 0 aromatic carbocycles. The molecule has 1 saturated heterocycles. The Bertz CT molecular complexity index is 993. The highest BCUT2D eigenvalue weighted by Gasteiger charge is 2.40. The quantitative estimate of drug-likeness (QED) is 0.619. The average molecular weight is 377 g/mol. The average Bonchev–Trinajstić information content (AvgIpc) is 3.44. The number of alkyl halides is 1. The largest absolute Gasteiger partial charge is 0.399 e. The molecule has 0 spiro atoms. The zero-order chi connectivity index (χ0) is 19.5. The zero-order valence-corrected chi connectivity index (χ0v) is 15.9. The summed E-state index contributed by atoms with van der Waals surface area (Å²) in [6, 6.07) is -0.556. The van der Waals surface area contributed by atoms with Gasteiger partial charge in [0.25, 0.3) is 5.56 Å². The molecule has 148 valence electrons. The van der Waals surface area contributed by atoms with Crippen molar-refractivity contribution in [3.05, 3.63) is 31.4 Å². The van der Waals surface area contributed by atoms with Gasteiger partial charge in [0.2, 0.25) is 0 Å². The Kier molecular flexibility index (Phi) is 4.50. The second-order valence-corrected chi connectivity index (χ2v) is 8.18. The number of hydrogen-bond donors (Lipinski definition) is 3. The molecule has 1 aliphatic heterocycles. The SMILES string of the molecule is CCC1CCN(C2C(C)=c3c(c(=O)[nH]c(=O)n3C3CC3)=C(N)C2F)CC1N. The molecule has 8 heteroatoms. The van der Waals surface area contributed by atoms with E-state index in [9.17, 15) is 9.59 Å². The van der Waals surface area contributed by atoms with Crippen molar-refractivity contribution in [3.8, 4) is 0 Å². The number of nitrogens with two attached hydrogens (primary N) is 2. The van der Waals surface area contributed by atoms with Gasteiger partial charge in [-0.1, -0.05) is 13.3 Å². The third-order valence-corrected chi connectivity index (χ3v) is 6.49. The normalized spacial score (nSPS) is 31.9. The molecule has 7 nitrogen and oxygen atoms in total. The molecule has 0 bridgehead atoms. The molecular formula is C19H28FN5O2. The third-order valence-electron chi connectivity index (χ3n) is 6.49. The monoisotopic (exact) mass is 377 g/mol. The Morgan fingerprint density at radius 1 is 1.26 bits per heavy atom. The van der Waals surface area contributed by atoms with Crippen molar-refractivity contribution < 1.29 is 4.39 Å². The van der Waals surface area contributed by atoms with Gasteiger partial charge in [-0.2, -0.15) is 0 Å². The molecule has 4 rings (SSSR count). The summed E-state index contributed by atoms with van der Waals surface area (Å²) in [6.45, 7) is 5.25. The number of halogens is 1. The van der Waals surface area contributed by atoms with Gasteiger partial charge in [-0.3, -0.25) is 19.2 Å². The Labute approximate surface area is 156 Å². The van der Waals surface area contributed by atoms with Gasteiger partial charge in [0, 0.05) is 18.6 Å². The Morgan fingerprint density at radius 2 is 1.96 bits per heavy atom. The summed E-state index contributed by atoms with van der Waals surface area (Å²) in [5.41, 5.74) is 12.0. The lowest BCUT2D eigenvalue weighted by Crippen LogP contribution is -2.64. The van der Waals surface area contributed by atoms with Crippen molar-refractivity contribution in [3.63, 3.8) is 0 Å². The molecule has 2 aliphatic carbocycles. The molecular weight excluding hydrogens is 349 g/mol. The number of hydrogen-bond acceptors (Lipinski definition) is 5. The van der Waals surface area contributed by atoms with Crippen LogP contribution in [-0.2, 0) is 0 Å². The summed E-state index contributed by atoms with van der Waals surface area (Å²) in [6.07, 6.45) is 2.18. The number of piperidine rings is 1. The van der Waals surface area contributed by atoms with Crippen LogP contribution in [0.3, 0.4) is 0 Å². The number of rotatable bonds is 3. The number of aromatic amines is 1. The first kappa shape index (κ1) is 18.4. The lowest BCUT2D eigenvalue weighted by atomic mass is 9.86. The van der Waals surface area contributed by atoms with Gasteiger partial charge in [-0.25, -0.2) is 9.18 Å². The molecule has 1 aromatic heterocycles. The van der Waals surface area contributed by atoms with E-state index in [1.165, 1.54) is 0 Å². The second-order valence-electron chi connectivity index (χ2n) is 8.18. The van der Waals surface area contributed by atoms with Crippen molar-refractivity contribution in [2.75, 3.05) is 13.1 Å². The first-order valence-corrected chi connectivity index (χ1v) is 9.84. The maximum Gasteiger partial charge on any atom is 0.329 e. The van der Waals surface area contributed by atoms with Gasteiger partial charge in [0.05, 0.1) is 22.3 Å². The van der Waals surface area contributed by atoms with Crippen molar-refractivity contribution in [1.29, 1.82) is 0 Å². The van der Waals surface area contributed by atoms with E-state index in [0.29, 0.717) is 23.4 Å². The summed E-state index contributed by atoms with van der Waals surface area (Å²) >= 11 is 0. The number of nitrogens with one attached hydrogen (secondary N) is 1. The summed E-state index contributed by atoms with van der Waals surface area (Å²) < 4.78 is 17.0. The summed E-state index contributed by atoms with van der Waals surface area (Å²) in [4.78, 5) is 29.2. The maximum absolute atomic E-state index is 15.4. The molecule has 27 heavy (non-hydrogen) atoms. The van der Waals surface area contributed by atoms with E-state index in [4.69, 9.17) is 11.5 Å². The van der Waals surface area contributed by atoms with Crippen molar-refractivity contribution in [2.45, 2.75) is 63.8 Å². The van der Waals surface area contributed by atoms with Gasteiger partial charge in [0.15, 0.2) is 6.17 Å². The predicted molar refractivity (Wildman–Crippen MR) is 102 cm³/mol. The highest BCUT2D eigenvalue weighted by molar-refractivity contribution is 5.62. The highest BCUT2D eigenvalue weighted by Crippen LogP contribution is 2.33. The number of likely N-dealkylation sites (tertiary alicyclic amines) is 1. The molecule has 5 N–H and O–H groups in total. The van der Waals surface area contributed by atoms with Crippen LogP contribution in [0.15, 0.2) is 9.59 Å². The maximum atomic E-state index is 15.4. The van der Waals surface area contributed by atoms with Crippen LogP contribution in [0.25, 0.3) is 11.3 Å². The Morgan fingerprint density at radius 3 is 2.56 bits per heavy atom.